The summed E-state index contributed by atoms with van der Waals surface area (Å²) in [6, 6.07) is 44.7. The monoisotopic (exact) mass is 644 g/mol. The van der Waals surface area contributed by atoms with Crippen LogP contribution in [0.1, 0.15) is 81.7 Å². The minimum atomic E-state index is -0.719. The summed E-state index contributed by atoms with van der Waals surface area (Å²) in [5.74, 6) is 1.09. The molecule has 3 heteroatoms. The molecule has 0 spiro atoms. The molecule has 5 rings (SSSR count). The Morgan fingerprint density at radius 2 is 1.24 bits per heavy atom. The summed E-state index contributed by atoms with van der Waals surface area (Å²) in [6.45, 7) is 16.9. The van der Waals surface area contributed by atoms with Crippen LogP contribution in [0.5, 0.6) is 5.75 Å². The van der Waals surface area contributed by atoms with E-state index < -0.39 is 7.92 Å². The Morgan fingerprint density at radius 1 is 0.674 bits per heavy atom. The first-order valence-corrected chi connectivity index (χ1v) is 19.1. The van der Waals surface area contributed by atoms with Crippen LogP contribution in [0.3, 0.4) is 0 Å². The number of aryl methyl sites for hydroxylation is 2. The molecule has 0 fully saturated rings. The maximum atomic E-state index is 6.98. The molecule has 0 radical (unpaired) electrons. The highest BCUT2D eigenvalue weighted by Crippen LogP contribution is 2.54. The quantitative estimate of drug-likeness (QED) is 0.123. The smallest absolute Gasteiger partial charge is 0.127 e. The number of benzene rings is 5. The Bertz CT molecular complexity index is 1670. The van der Waals surface area contributed by atoms with Crippen molar-refractivity contribution in [1.29, 1.82) is 0 Å². The molecular formula is C43H50OP2. The highest BCUT2D eigenvalue weighted by Gasteiger charge is 2.37. The van der Waals surface area contributed by atoms with Crippen LogP contribution < -0.4 is 26.0 Å². The zero-order valence-electron chi connectivity index (χ0n) is 28.7. The molecule has 0 N–H and O–H groups in total. The fraction of sp³-hybridized carbons (Fsp3) is 0.302. The van der Waals surface area contributed by atoms with Crippen LogP contribution >= 0.6 is 16.5 Å². The van der Waals surface area contributed by atoms with E-state index in [2.05, 4.69) is 170 Å². The summed E-state index contributed by atoms with van der Waals surface area (Å²) in [7, 11) is -0.109. The zero-order valence-corrected chi connectivity index (χ0v) is 30.6. The molecule has 0 amide bonds. The second kappa shape index (κ2) is 15.1. The van der Waals surface area contributed by atoms with Crippen LogP contribution in [0.15, 0.2) is 121 Å². The molecule has 5 aromatic carbocycles. The summed E-state index contributed by atoms with van der Waals surface area (Å²) in [4.78, 5) is 0. The van der Waals surface area contributed by atoms with Gasteiger partial charge >= 0.3 is 0 Å². The van der Waals surface area contributed by atoms with Gasteiger partial charge in [-0.1, -0.05) is 177 Å². The second-order valence-electron chi connectivity index (χ2n) is 13.5. The fourth-order valence-corrected chi connectivity index (χ4v) is 11.3. The van der Waals surface area contributed by atoms with E-state index in [0.29, 0.717) is 15.2 Å². The molecule has 0 aliphatic rings. The van der Waals surface area contributed by atoms with Crippen LogP contribution in [0.25, 0.3) is 0 Å². The van der Waals surface area contributed by atoms with Crippen molar-refractivity contribution in [2.24, 2.45) is 0 Å². The van der Waals surface area contributed by atoms with Gasteiger partial charge in [0, 0.05) is 16.3 Å². The predicted octanol–water partition coefficient (Wildman–Crippen LogP) is 10.3. The average molecular weight is 645 g/mol. The summed E-state index contributed by atoms with van der Waals surface area (Å²) < 4.78 is 6.98. The molecule has 46 heavy (non-hydrogen) atoms. The first-order valence-electron chi connectivity index (χ1n) is 16.8. The second-order valence-corrected chi connectivity index (χ2v) is 17.4. The Labute approximate surface area is 281 Å². The molecule has 0 aliphatic carbocycles. The largest absolute Gasteiger partial charge is 0.488 e. The van der Waals surface area contributed by atoms with Gasteiger partial charge in [0.25, 0.3) is 0 Å². The van der Waals surface area contributed by atoms with E-state index in [-0.39, 0.29) is 10.6 Å². The topological polar surface area (TPSA) is 9.23 Å². The van der Waals surface area contributed by atoms with Gasteiger partial charge in [-0.3, -0.25) is 0 Å². The van der Waals surface area contributed by atoms with E-state index in [4.69, 9.17) is 4.74 Å². The number of hydrogen-bond donors (Lipinski definition) is 0. The maximum absolute atomic E-state index is 6.98. The highest BCUT2D eigenvalue weighted by molar-refractivity contribution is 7.81. The minimum Gasteiger partial charge on any atom is -0.488 e. The lowest BCUT2D eigenvalue weighted by atomic mass is 9.80. The van der Waals surface area contributed by atoms with Crippen LogP contribution in [-0.2, 0) is 17.2 Å². The summed E-state index contributed by atoms with van der Waals surface area (Å²) in [5.41, 5.74) is 6.54. The van der Waals surface area contributed by atoms with Gasteiger partial charge in [-0.25, -0.2) is 0 Å². The van der Waals surface area contributed by atoms with E-state index >= 15 is 0 Å². The molecule has 2 unspecified atom stereocenters. The molecule has 0 heterocycles. The SMILES string of the molecule is CCCC(CC)(Pc1c(C)cccc1P(c1ccccc1)c1ccccc1)c1cc(C)cc(C(C)(C)C)c1OCc1ccccc1. The van der Waals surface area contributed by atoms with Crippen LogP contribution in [0.4, 0.5) is 0 Å². The molecule has 2 atom stereocenters. The van der Waals surface area contributed by atoms with Gasteiger partial charge in [-0.2, -0.15) is 0 Å². The number of rotatable bonds is 12. The standard InChI is InChI=1S/C43H50OP2/c1-8-28-43(9-2,38-30-32(3)29-37(42(5,6)7)40(38)44-31-34-21-13-10-14-22-34)45-41-33(4)20-19-27-39(41)46(35-23-15-11-16-24-35)36-25-17-12-18-26-36/h10-27,29-30,45H,8-9,28,31H2,1-7H3. The molecule has 0 saturated heterocycles. The lowest BCUT2D eigenvalue weighted by Gasteiger charge is -2.39. The molecule has 0 aromatic heterocycles. The van der Waals surface area contributed by atoms with Crippen molar-refractivity contribution in [1.82, 2.24) is 0 Å². The summed E-state index contributed by atoms with van der Waals surface area (Å²) in [6.07, 6.45) is 3.28. The lowest BCUT2D eigenvalue weighted by molar-refractivity contribution is 0.289. The van der Waals surface area contributed by atoms with Crippen molar-refractivity contribution in [3.8, 4) is 5.75 Å². The molecule has 0 aliphatic heterocycles. The van der Waals surface area contributed by atoms with Crippen molar-refractivity contribution in [3.63, 3.8) is 0 Å². The Hall–Kier alpha value is -3.24. The van der Waals surface area contributed by atoms with Crippen molar-refractivity contribution >= 4 is 37.7 Å². The molecule has 0 saturated carbocycles. The van der Waals surface area contributed by atoms with Gasteiger partial charge in [0.1, 0.15) is 12.4 Å². The van der Waals surface area contributed by atoms with Crippen LogP contribution in [0, 0.1) is 13.8 Å². The Balaban J connectivity index is 1.71. The van der Waals surface area contributed by atoms with E-state index in [9.17, 15) is 0 Å². The molecular weight excluding hydrogens is 594 g/mol. The van der Waals surface area contributed by atoms with Crippen molar-refractivity contribution in [2.45, 2.75) is 84.9 Å². The van der Waals surface area contributed by atoms with Crippen molar-refractivity contribution in [3.05, 3.63) is 149 Å². The molecule has 1 nitrogen and oxygen atoms in total. The maximum Gasteiger partial charge on any atom is 0.127 e. The Morgan fingerprint density at radius 3 is 1.78 bits per heavy atom. The average Bonchev–Trinajstić information content (AvgIpc) is 3.06. The van der Waals surface area contributed by atoms with Gasteiger partial charge in [-0.05, 0) is 72.4 Å². The van der Waals surface area contributed by atoms with Crippen molar-refractivity contribution in [2.75, 3.05) is 0 Å². The number of ether oxygens (including phenoxy) is 1. The molecule has 0 bridgehead atoms. The fourth-order valence-electron chi connectivity index (χ4n) is 6.54. The van der Waals surface area contributed by atoms with Crippen molar-refractivity contribution < 1.29 is 4.74 Å². The van der Waals surface area contributed by atoms with E-state index in [1.165, 1.54) is 49.0 Å². The lowest BCUT2D eigenvalue weighted by Crippen LogP contribution is -2.34. The summed E-state index contributed by atoms with van der Waals surface area (Å²) in [5, 5.41) is 5.74. The first kappa shape index (κ1) is 34.1. The Kier molecular flexibility index (Phi) is 11.2. The van der Waals surface area contributed by atoms with Gasteiger partial charge in [0.2, 0.25) is 0 Å². The predicted molar refractivity (Wildman–Crippen MR) is 205 cm³/mol. The number of hydrogen-bond acceptors (Lipinski definition) is 1. The third kappa shape index (κ3) is 7.65. The van der Waals surface area contributed by atoms with Crippen LogP contribution in [-0.4, -0.2) is 0 Å². The summed E-state index contributed by atoms with van der Waals surface area (Å²) >= 11 is 0. The van der Waals surface area contributed by atoms with Crippen LogP contribution in [0.2, 0.25) is 0 Å². The first-order chi connectivity index (χ1) is 22.2. The molecule has 5 aromatic rings. The molecule has 238 valence electrons. The third-order valence-corrected chi connectivity index (χ3v) is 13.9. The van der Waals surface area contributed by atoms with Gasteiger partial charge in [-0.15, -0.1) is 0 Å². The van der Waals surface area contributed by atoms with E-state index in [0.717, 1.165) is 25.0 Å². The third-order valence-electron chi connectivity index (χ3n) is 8.95. The minimum absolute atomic E-state index is 0.0512. The van der Waals surface area contributed by atoms with Gasteiger partial charge < -0.3 is 4.74 Å². The highest BCUT2D eigenvalue weighted by atomic mass is 31.1. The van der Waals surface area contributed by atoms with Gasteiger partial charge in [0.15, 0.2) is 0 Å². The zero-order chi connectivity index (χ0) is 32.7. The van der Waals surface area contributed by atoms with E-state index in [1.54, 1.807) is 0 Å². The van der Waals surface area contributed by atoms with Gasteiger partial charge in [0.05, 0.1) is 0 Å². The normalized spacial score (nSPS) is 13.3. The van der Waals surface area contributed by atoms with E-state index in [1.807, 2.05) is 0 Å².